The molecule has 0 radical (unpaired) electrons. The van der Waals surface area contributed by atoms with Gasteiger partial charge in [0.1, 0.15) is 4.32 Å². The molecule has 1 heterocycles. The predicted octanol–water partition coefficient (Wildman–Crippen LogP) is 3.25. The lowest BCUT2D eigenvalue weighted by Crippen LogP contribution is -2.30. The van der Waals surface area contributed by atoms with Crippen LogP contribution in [0.5, 0.6) is 11.5 Å². The number of benzene rings is 1. The minimum absolute atomic E-state index is 0.0285. The normalized spacial score (nSPS) is 15.7. The Labute approximate surface area is 162 Å². The van der Waals surface area contributed by atoms with E-state index < -0.39 is 0 Å². The SMILES string of the molecule is COC(=O)CCN1C(=O)/C(=C/c2ccc(OC(C)C)c(OC)c2)SC1=S. The number of thiocarbonyl (C=S) groups is 1. The molecule has 0 atom stereocenters. The summed E-state index contributed by atoms with van der Waals surface area (Å²) in [5, 5.41) is 0. The molecule has 1 aromatic carbocycles. The van der Waals surface area contributed by atoms with Gasteiger partial charge in [0, 0.05) is 6.54 Å². The number of carbonyl (C=O) groups is 2. The first-order valence-electron chi connectivity index (χ1n) is 8.02. The Morgan fingerprint density at radius 1 is 1.31 bits per heavy atom. The Kier molecular flexibility index (Phi) is 7.05. The number of hydrogen-bond acceptors (Lipinski definition) is 7. The van der Waals surface area contributed by atoms with Gasteiger partial charge in [0.15, 0.2) is 11.5 Å². The van der Waals surface area contributed by atoms with E-state index in [-0.39, 0.29) is 30.9 Å². The third kappa shape index (κ3) is 4.98. The number of hydrogen-bond donors (Lipinski definition) is 0. The van der Waals surface area contributed by atoms with E-state index in [0.717, 1.165) is 5.56 Å². The Bertz CT molecular complexity index is 745. The van der Waals surface area contributed by atoms with E-state index in [9.17, 15) is 9.59 Å². The smallest absolute Gasteiger partial charge is 0.307 e. The van der Waals surface area contributed by atoms with Crippen molar-refractivity contribution in [2.75, 3.05) is 20.8 Å². The number of methoxy groups -OCH3 is 2. The highest BCUT2D eigenvalue weighted by Gasteiger charge is 2.32. The summed E-state index contributed by atoms with van der Waals surface area (Å²) in [7, 11) is 2.88. The van der Waals surface area contributed by atoms with Crippen LogP contribution in [0.3, 0.4) is 0 Å². The molecule has 0 N–H and O–H groups in total. The van der Waals surface area contributed by atoms with Crippen molar-refractivity contribution in [3.05, 3.63) is 28.7 Å². The molecule has 1 aliphatic rings. The average molecular weight is 396 g/mol. The molecule has 0 unspecified atom stereocenters. The Morgan fingerprint density at radius 2 is 2.04 bits per heavy atom. The van der Waals surface area contributed by atoms with Crippen molar-refractivity contribution in [1.29, 1.82) is 0 Å². The number of thioether (sulfide) groups is 1. The summed E-state index contributed by atoms with van der Waals surface area (Å²) in [5.74, 6) is 0.637. The maximum absolute atomic E-state index is 12.5. The predicted molar refractivity (Wildman–Crippen MR) is 105 cm³/mol. The molecule has 0 aromatic heterocycles. The van der Waals surface area contributed by atoms with Gasteiger partial charge in [-0.05, 0) is 37.6 Å². The fraction of sp³-hybridized carbons (Fsp3) is 0.389. The first kappa shape index (κ1) is 20.3. The molecule has 8 heteroatoms. The standard InChI is InChI=1S/C18H21NO5S2/c1-11(2)24-13-6-5-12(9-14(13)22-3)10-15-17(21)19(18(25)26-15)8-7-16(20)23-4/h5-6,9-11H,7-8H2,1-4H3/b15-10-. The Balaban J connectivity index is 2.17. The largest absolute Gasteiger partial charge is 0.493 e. The molecular weight excluding hydrogens is 374 g/mol. The molecule has 1 amide bonds. The van der Waals surface area contributed by atoms with Crippen LogP contribution in [-0.4, -0.2) is 48.0 Å². The minimum atomic E-state index is -0.381. The lowest BCUT2D eigenvalue weighted by molar-refractivity contribution is -0.140. The van der Waals surface area contributed by atoms with Crippen molar-refractivity contribution in [2.24, 2.45) is 0 Å². The zero-order valence-corrected chi connectivity index (χ0v) is 16.7. The van der Waals surface area contributed by atoms with Crippen molar-refractivity contribution >= 4 is 46.3 Å². The highest BCUT2D eigenvalue weighted by Crippen LogP contribution is 2.35. The Morgan fingerprint density at radius 3 is 2.65 bits per heavy atom. The maximum Gasteiger partial charge on any atom is 0.307 e. The summed E-state index contributed by atoms with van der Waals surface area (Å²) in [4.78, 5) is 25.7. The van der Waals surface area contributed by atoms with E-state index in [4.69, 9.17) is 21.7 Å². The van der Waals surface area contributed by atoms with E-state index in [1.807, 2.05) is 26.0 Å². The molecule has 1 saturated heterocycles. The van der Waals surface area contributed by atoms with Crippen LogP contribution in [0.4, 0.5) is 0 Å². The average Bonchev–Trinajstić information content (AvgIpc) is 2.87. The van der Waals surface area contributed by atoms with Crippen molar-refractivity contribution in [3.8, 4) is 11.5 Å². The van der Waals surface area contributed by atoms with Gasteiger partial charge >= 0.3 is 5.97 Å². The van der Waals surface area contributed by atoms with Gasteiger partial charge in [-0.1, -0.05) is 30.0 Å². The second-order valence-electron chi connectivity index (χ2n) is 5.74. The summed E-state index contributed by atoms with van der Waals surface area (Å²) in [6.07, 6.45) is 1.88. The molecule has 1 aromatic rings. The van der Waals surface area contributed by atoms with Crippen molar-refractivity contribution in [2.45, 2.75) is 26.4 Å². The van der Waals surface area contributed by atoms with Crippen LogP contribution >= 0.6 is 24.0 Å². The third-order valence-electron chi connectivity index (χ3n) is 3.49. The molecule has 0 saturated carbocycles. The summed E-state index contributed by atoms with van der Waals surface area (Å²) in [6, 6.07) is 5.46. The van der Waals surface area contributed by atoms with Gasteiger partial charge in [-0.3, -0.25) is 14.5 Å². The number of carbonyl (C=O) groups excluding carboxylic acids is 2. The molecule has 0 spiro atoms. The fourth-order valence-corrected chi connectivity index (χ4v) is 3.58. The van der Waals surface area contributed by atoms with Crippen molar-refractivity contribution in [3.63, 3.8) is 0 Å². The van der Waals surface area contributed by atoms with Gasteiger partial charge < -0.3 is 14.2 Å². The van der Waals surface area contributed by atoms with E-state index in [0.29, 0.717) is 20.7 Å². The minimum Gasteiger partial charge on any atom is -0.493 e. The van der Waals surface area contributed by atoms with Gasteiger partial charge in [-0.25, -0.2) is 0 Å². The molecule has 0 bridgehead atoms. The molecule has 140 valence electrons. The van der Waals surface area contributed by atoms with Gasteiger partial charge in [0.2, 0.25) is 0 Å². The van der Waals surface area contributed by atoms with Crippen molar-refractivity contribution < 1.29 is 23.8 Å². The lowest BCUT2D eigenvalue weighted by atomic mass is 10.2. The van der Waals surface area contributed by atoms with E-state index in [1.165, 1.54) is 23.8 Å². The van der Waals surface area contributed by atoms with E-state index in [2.05, 4.69) is 4.74 Å². The zero-order chi connectivity index (χ0) is 19.3. The van der Waals surface area contributed by atoms with Gasteiger partial charge in [-0.2, -0.15) is 0 Å². The monoisotopic (exact) mass is 395 g/mol. The van der Waals surface area contributed by atoms with Crippen LogP contribution in [0.25, 0.3) is 6.08 Å². The summed E-state index contributed by atoms with van der Waals surface area (Å²) < 4.78 is 16.1. The number of rotatable bonds is 7. The number of esters is 1. The number of amides is 1. The van der Waals surface area contributed by atoms with Crippen LogP contribution in [-0.2, 0) is 14.3 Å². The topological polar surface area (TPSA) is 65.1 Å². The second kappa shape index (κ2) is 9.05. The number of nitrogens with zero attached hydrogens (tertiary/aromatic N) is 1. The molecule has 1 aliphatic heterocycles. The molecule has 6 nitrogen and oxygen atoms in total. The fourth-order valence-electron chi connectivity index (χ4n) is 2.27. The third-order valence-corrected chi connectivity index (χ3v) is 4.87. The zero-order valence-electron chi connectivity index (χ0n) is 15.1. The van der Waals surface area contributed by atoms with Crippen LogP contribution in [0, 0.1) is 0 Å². The van der Waals surface area contributed by atoms with Gasteiger partial charge in [0.05, 0.1) is 31.6 Å². The van der Waals surface area contributed by atoms with Gasteiger partial charge in [-0.15, -0.1) is 0 Å². The summed E-state index contributed by atoms with van der Waals surface area (Å²) >= 11 is 6.46. The van der Waals surface area contributed by atoms with Crippen LogP contribution in [0.2, 0.25) is 0 Å². The highest BCUT2D eigenvalue weighted by atomic mass is 32.2. The van der Waals surface area contributed by atoms with Gasteiger partial charge in [0.25, 0.3) is 5.91 Å². The second-order valence-corrected chi connectivity index (χ2v) is 7.41. The summed E-state index contributed by atoms with van der Waals surface area (Å²) in [5.41, 5.74) is 0.798. The summed E-state index contributed by atoms with van der Waals surface area (Å²) in [6.45, 7) is 4.08. The van der Waals surface area contributed by atoms with Crippen LogP contribution < -0.4 is 9.47 Å². The first-order chi connectivity index (χ1) is 12.3. The highest BCUT2D eigenvalue weighted by molar-refractivity contribution is 8.26. The maximum atomic E-state index is 12.5. The van der Waals surface area contributed by atoms with Crippen LogP contribution in [0.15, 0.2) is 23.1 Å². The van der Waals surface area contributed by atoms with E-state index >= 15 is 0 Å². The molecule has 26 heavy (non-hydrogen) atoms. The number of ether oxygens (including phenoxy) is 3. The quantitative estimate of drug-likeness (QED) is 0.399. The molecule has 1 fully saturated rings. The van der Waals surface area contributed by atoms with Crippen LogP contribution in [0.1, 0.15) is 25.8 Å². The van der Waals surface area contributed by atoms with E-state index in [1.54, 1.807) is 19.3 Å². The lowest BCUT2D eigenvalue weighted by Gasteiger charge is -2.14. The first-order valence-corrected chi connectivity index (χ1v) is 9.25. The molecule has 0 aliphatic carbocycles. The molecular formula is C18H21NO5S2. The molecule has 2 rings (SSSR count). The van der Waals surface area contributed by atoms with Crippen molar-refractivity contribution in [1.82, 2.24) is 4.90 Å². The Hall–Kier alpha value is -2.06.